The van der Waals surface area contributed by atoms with E-state index in [1.807, 2.05) is 0 Å². The van der Waals surface area contributed by atoms with Gasteiger partial charge >= 0.3 is 5.69 Å². The minimum atomic E-state index is -1.82. The smallest absolute Gasteiger partial charge is 0.351 e. The molecule has 2 rings (SSSR count). The lowest BCUT2D eigenvalue weighted by molar-refractivity contribution is -0.212. The summed E-state index contributed by atoms with van der Waals surface area (Å²) in [4.78, 5) is 60.6. The van der Waals surface area contributed by atoms with Crippen LogP contribution in [-0.2, 0) is 23.9 Å². The number of aromatic nitrogens is 2. The molecule has 0 spiro atoms. The fourth-order valence-corrected chi connectivity index (χ4v) is 3.00. The summed E-state index contributed by atoms with van der Waals surface area (Å²) in [5.74, 6) is -3.61. The Morgan fingerprint density at radius 2 is 1.86 bits per heavy atom. The molecule has 2 heterocycles. The number of nitrogen functional groups attached to an aromatic ring is 1. The van der Waals surface area contributed by atoms with Gasteiger partial charge in [0.05, 0.1) is 19.2 Å². The standard InChI is InChI=1S/C16H25N7O8.C2H4O2/c1-19-4-8(25)20-6(5-24)14(29)22-9-10(26)11(27)15(31-12(9)13(18)28)23-3-2-7(17)21-16(23)30;1-2(3)4/h2-3,6,9-12,15,19,24,26-27H,4-5H2,1H3,(H2,18,28)(H,20,25)(H,22,29)(H2,17,21,30);1H3,(H,3,4)/t6?,9-,10-,11+,12-,15+;/m0./s1. The summed E-state index contributed by atoms with van der Waals surface area (Å²) >= 11 is 0. The number of carboxylic acid groups (broad SMARTS) is 1. The van der Waals surface area contributed by atoms with Gasteiger partial charge in [0.1, 0.15) is 24.1 Å². The second kappa shape index (κ2) is 13.3. The van der Waals surface area contributed by atoms with Gasteiger partial charge in [-0.25, -0.2) is 4.79 Å². The monoisotopic (exact) mass is 503 g/mol. The van der Waals surface area contributed by atoms with E-state index in [0.29, 0.717) is 0 Å². The van der Waals surface area contributed by atoms with Crippen molar-refractivity contribution in [1.82, 2.24) is 25.5 Å². The van der Waals surface area contributed by atoms with E-state index >= 15 is 0 Å². The molecule has 0 bridgehead atoms. The van der Waals surface area contributed by atoms with Gasteiger partial charge in [0.15, 0.2) is 12.3 Å². The first-order chi connectivity index (χ1) is 16.3. The Hall–Kier alpha value is -3.64. The number of carboxylic acids is 1. The Kier molecular flexibility index (Phi) is 11.2. The fourth-order valence-electron chi connectivity index (χ4n) is 3.00. The van der Waals surface area contributed by atoms with Gasteiger partial charge in [-0.1, -0.05) is 0 Å². The normalized spacial score (nSPS) is 24.3. The van der Waals surface area contributed by atoms with E-state index in [-0.39, 0.29) is 12.4 Å². The minimum Gasteiger partial charge on any atom is -0.481 e. The number of hydrogen-bond acceptors (Lipinski definition) is 12. The fraction of sp³-hybridized carbons (Fsp3) is 0.556. The predicted molar refractivity (Wildman–Crippen MR) is 116 cm³/mol. The largest absolute Gasteiger partial charge is 0.481 e. The van der Waals surface area contributed by atoms with E-state index in [9.17, 15) is 34.5 Å². The zero-order valence-electron chi connectivity index (χ0n) is 18.8. The minimum absolute atomic E-state index is 0.0981. The Morgan fingerprint density at radius 3 is 2.34 bits per heavy atom. The van der Waals surface area contributed by atoms with Crippen LogP contribution in [0.4, 0.5) is 5.82 Å². The number of nitrogens with two attached hydrogens (primary N) is 2. The molecule has 1 aromatic rings. The van der Waals surface area contributed by atoms with Gasteiger partial charge in [0, 0.05) is 13.1 Å². The van der Waals surface area contributed by atoms with Gasteiger partial charge in [-0.3, -0.25) is 23.7 Å². The first-order valence-corrected chi connectivity index (χ1v) is 10.0. The highest BCUT2D eigenvalue weighted by atomic mass is 16.5. The molecular formula is C18H29N7O10. The van der Waals surface area contributed by atoms with Gasteiger partial charge in [-0.15, -0.1) is 0 Å². The molecule has 1 fully saturated rings. The molecule has 0 saturated carbocycles. The van der Waals surface area contributed by atoms with Crippen molar-refractivity contribution in [2.75, 3.05) is 25.9 Å². The first kappa shape index (κ1) is 29.4. The predicted octanol–water partition coefficient (Wildman–Crippen LogP) is -5.80. The number of anilines is 1. The summed E-state index contributed by atoms with van der Waals surface area (Å²) in [6.07, 6.45) is -5.72. The summed E-state index contributed by atoms with van der Waals surface area (Å²) in [6.45, 7) is 0.164. The highest BCUT2D eigenvalue weighted by Crippen LogP contribution is 2.27. The molecule has 1 aliphatic rings. The molecule has 6 atom stereocenters. The van der Waals surface area contributed by atoms with E-state index in [2.05, 4.69) is 20.9 Å². The number of rotatable bonds is 8. The molecule has 1 unspecified atom stereocenters. The molecule has 3 amide bonds. The lowest BCUT2D eigenvalue weighted by Crippen LogP contribution is -2.67. The molecule has 1 aliphatic heterocycles. The van der Waals surface area contributed by atoms with E-state index in [0.717, 1.165) is 17.7 Å². The summed E-state index contributed by atoms with van der Waals surface area (Å²) in [7, 11) is 1.50. The summed E-state index contributed by atoms with van der Waals surface area (Å²) in [5.41, 5.74) is 9.81. The van der Waals surface area contributed by atoms with Crippen LogP contribution in [0.1, 0.15) is 13.2 Å². The molecular weight excluding hydrogens is 474 g/mol. The van der Waals surface area contributed by atoms with Crippen molar-refractivity contribution in [2.45, 2.75) is 43.5 Å². The van der Waals surface area contributed by atoms with Crippen LogP contribution < -0.4 is 33.1 Å². The maximum atomic E-state index is 12.5. The van der Waals surface area contributed by atoms with E-state index in [1.54, 1.807) is 0 Å². The SMILES string of the molecule is CC(=O)O.CNCC(=O)NC(CO)C(=O)N[C@H]1[C@H](O)[C@@H](O)[C@H](n2ccc(N)nc2=O)O[C@@H]1C(N)=O. The molecule has 196 valence electrons. The van der Waals surface area contributed by atoms with Crippen molar-refractivity contribution in [3.63, 3.8) is 0 Å². The molecule has 17 nitrogen and oxygen atoms in total. The van der Waals surface area contributed by atoms with Crippen LogP contribution >= 0.6 is 0 Å². The average Bonchev–Trinajstić information content (AvgIpc) is 2.75. The number of aliphatic hydroxyl groups excluding tert-OH is 3. The van der Waals surface area contributed by atoms with Gasteiger partial charge in [0.25, 0.3) is 5.97 Å². The average molecular weight is 503 g/mol. The summed E-state index contributed by atoms with van der Waals surface area (Å²) in [6, 6.07) is -1.74. The molecule has 0 radical (unpaired) electrons. The third kappa shape index (κ3) is 8.26. The van der Waals surface area contributed by atoms with Crippen LogP contribution in [0.3, 0.4) is 0 Å². The molecule has 17 heteroatoms. The third-order valence-corrected chi connectivity index (χ3v) is 4.51. The number of carbonyl (C=O) groups excluding carboxylic acids is 3. The van der Waals surface area contributed by atoms with Gasteiger partial charge in [-0.2, -0.15) is 4.98 Å². The quantitative estimate of drug-likeness (QED) is 0.160. The van der Waals surface area contributed by atoms with Crippen molar-refractivity contribution in [2.24, 2.45) is 5.73 Å². The van der Waals surface area contributed by atoms with Gasteiger partial charge in [-0.05, 0) is 13.1 Å². The van der Waals surface area contributed by atoms with Crippen LogP contribution in [0.5, 0.6) is 0 Å². The number of ether oxygens (including phenoxy) is 1. The van der Waals surface area contributed by atoms with Crippen LogP contribution in [0, 0.1) is 0 Å². The van der Waals surface area contributed by atoms with Crippen molar-refractivity contribution < 1.29 is 44.3 Å². The highest BCUT2D eigenvalue weighted by molar-refractivity contribution is 5.89. The van der Waals surface area contributed by atoms with Gasteiger partial charge < -0.3 is 52.6 Å². The van der Waals surface area contributed by atoms with E-state index < -0.39 is 72.6 Å². The zero-order valence-corrected chi connectivity index (χ0v) is 18.8. The van der Waals surface area contributed by atoms with E-state index in [4.69, 9.17) is 26.1 Å². The third-order valence-electron chi connectivity index (χ3n) is 4.51. The van der Waals surface area contributed by atoms with Gasteiger partial charge in [0.2, 0.25) is 17.7 Å². The van der Waals surface area contributed by atoms with Crippen molar-refractivity contribution in [1.29, 1.82) is 0 Å². The second-order valence-electron chi connectivity index (χ2n) is 7.26. The molecule has 35 heavy (non-hydrogen) atoms. The zero-order chi connectivity index (χ0) is 26.9. The number of nitrogens with one attached hydrogen (secondary N) is 3. The Bertz CT molecular complexity index is 967. The van der Waals surface area contributed by atoms with Crippen LogP contribution in [0.2, 0.25) is 0 Å². The molecule has 0 aromatic carbocycles. The topological polar surface area (TPSA) is 281 Å². The number of aliphatic carboxylic acids is 1. The second-order valence-corrected chi connectivity index (χ2v) is 7.26. The van der Waals surface area contributed by atoms with E-state index in [1.165, 1.54) is 13.1 Å². The number of likely N-dealkylation sites (N-methyl/N-ethyl adjacent to an activating group) is 1. The highest BCUT2D eigenvalue weighted by Gasteiger charge is 2.49. The number of nitrogens with zero attached hydrogens (tertiary/aromatic N) is 2. The molecule has 0 aliphatic carbocycles. The van der Waals surface area contributed by atoms with Crippen molar-refractivity contribution >= 4 is 29.5 Å². The molecule has 11 N–H and O–H groups in total. The lowest BCUT2D eigenvalue weighted by atomic mass is 9.94. The van der Waals surface area contributed by atoms with Crippen LogP contribution in [0.15, 0.2) is 17.1 Å². The lowest BCUT2D eigenvalue weighted by Gasteiger charge is -2.42. The summed E-state index contributed by atoms with van der Waals surface area (Å²) < 4.78 is 6.21. The van der Waals surface area contributed by atoms with Crippen molar-refractivity contribution in [3.05, 3.63) is 22.7 Å². The van der Waals surface area contributed by atoms with Crippen LogP contribution in [-0.4, -0.2) is 104 Å². The summed E-state index contributed by atoms with van der Waals surface area (Å²) in [5, 5.41) is 44.8. The maximum Gasteiger partial charge on any atom is 0.351 e. The maximum absolute atomic E-state index is 12.5. The van der Waals surface area contributed by atoms with Crippen LogP contribution in [0.25, 0.3) is 0 Å². The number of carbonyl (C=O) groups is 4. The number of amides is 3. The molecule has 1 saturated heterocycles. The molecule has 1 aromatic heterocycles. The number of aliphatic hydroxyl groups is 3. The Morgan fingerprint density at radius 1 is 1.26 bits per heavy atom. The first-order valence-electron chi connectivity index (χ1n) is 10.0. The number of hydrogen-bond donors (Lipinski definition) is 9. The van der Waals surface area contributed by atoms with Crippen molar-refractivity contribution in [3.8, 4) is 0 Å². The number of primary amides is 1. The Labute approximate surface area is 198 Å². The Balaban J connectivity index is 0.00000142.